The van der Waals surface area contributed by atoms with Crippen LogP contribution in [0.1, 0.15) is 11.7 Å². The number of carboxylic acids is 1. The normalized spacial score (nSPS) is 25.2. The molecule has 1 fully saturated rings. The van der Waals surface area contributed by atoms with Gasteiger partial charge in [0.15, 0.2) is 11.7 Å². The van der Waals surface area contributed by atoms with Gasteiger partial charge in [0.2, 0.25) is 5.43 Å². The molecule has 11 heteroatoms. The average Bonchev–Trinajstić information content (AvgIpc) is 2.78. The number of phenols is 2. The fourth-order valence-corrected chi connectivity index (χ4v) is 3.89. The first-order chi connectivity index (χ1) is 15.6. The zero-order valence-corrected chi connectivity index (χ0v) is 17.1. The SMILES string of the molecule is COc1cc(O)c2c(=O)c(-c3ccc(O)cc3)coc2c1[C@@H]1O[C@H](C(=O)O)[C@@H](O)[C@H](O)[C@H]1O. The number of ether oxygens (including phenoxy) is 2. The molecule has 0 spiro atoms. The molecule has 0 saturated carbocycles. The van der Waals surface area contributed by atoms with Crippen molar-refractivity contribution in [2.24, 2.45) is 0 Å². The molecule has 174 valence electrons. The van der Waals surface area contributed by atoms with Crippen LogP contribution in [-0.2, 0) is 9.53 Å². The van der Waals surface area contributed by atoms with Gasteiger partial charge in [-0.05, 0) is 17.7 Å². The molecule has 4 rings (SSSR count). The number of fused-ring (bicyclic) bond motifs is 1. The predicted octanol–water partition coefficient (Wildman–Crippen LogP) is 0.487. The molecule has 2 heterocycles. The quantitative estimate of drug-likeness (QED) is 0.318. The number of carbonyl (C=O) groups is 1. The van der Waals surface area contributed by atoms with Crippen molar-refractivity contribution in [2.75, 3.05) is 7.11 Å². The largest absolute Gasteiger partial charge is 0.508 e. The lowest BCUT2D eigenvalue weighted by atomic mass is 9.89. The second-order valence-corrected chi connectivity index (χ2v) is 7.53. The molecule has 33 heavy (non-hydrogen) atoms. The topological polar surface area (TPSA) is 187 Å². The Bertz CT molecular complexity index is 1260. The highest BCUT2D eigenvalue weighted by Gasteiger charge is 2.49. The third-order valence-corrected chi connectivity index (χ3v) is 5.57. The maximum Gasteiger partial charge on any atom is 0.335 e. The Morgan fingerprint density at radius 1 is 1.03 bits per heavy atom. The van der Waals surface area contributed by atoms with E-state index in [9.17, 15) is 40.2 Å². The molecule has 6 N–H and O–H groups in total. The third-order valence-electron chi connectivity index (χ3n) is 5.57. The number of phenolic OH excluding ortho intramolecular Hbond substituents is 2. The summed E-state index contributed by atoms with van der Waals surface area (Å²) in [6, 6.07) is 6.74. The van der Waals surface area contributed by atoms with Gasteiger partial charge in [0.1, 0.15) is 53.3 Å². The first kappa shape index (κ1) is 22.6. The van der Waals surface area contributed by atoms with Crippen molar-refractivity contribution in [3.8, 4) is 28.4 Å². The summed E-state index contributed by atoms with van der Waals surface area (Å²) in [7, 11) is 1.22. The molecule has 2 aromatic carbocycles. The van der Waals surface area contributed by atoms with Gasteiger partial charge >= 0.3 is 5.97 Å². The van der Waals surface area contributed by atoms with E-state index in [0.29, 0.717) is 5.56 Å². The van der Waals surface area contributed by atoms with Gasteiger partial charge in [0.25, 0.3) is 0 Å². The van der Waals surface area contributed by atoms with Gasteiger partial charge in [-0.25, -0.2) is 4.79 Å². The maximum absolute atomic E-state index is 13.2. The van der Waals surface area contributed by atoms with E-state index in [1.165, 1.54) is 31.4 Å². The Hall–Kier alpha value is -3.64. The Morgan fingerprint density at radius 2 is 1.70 bits per heavy atom. The van der Waals surface area contributed by atoms with Crippen LogP contribution in [0.25, 0.3) is 22.1 Å². The van der Waals surface area contributed by atoms with Crippen LogP contribution in [-0.4, -0.2) is 68.1 Å². The average molecular weight is 460 g/mol. The molecule has 0 bridgehead atoms. The first-order valence-electron chi connectivity index (χ1n) is 9.73. The number of rotatable bonds is 4. The number of aliphatic hydroxyl groups is 3. The van der Waals surface area contributed by atoms with Crippen molar-refractivity contribution >= 4 is 16.9 Å². The van der Waals surface area contributed by atoms with Crippen molar-refractivity contribution in [1.82, 2.24) is 0 Å². The second kappa shape index (κ2) is 8.37. The maximum atomic E-state index is 13.2. The van der Waals surface area contributed by atoms with E-state index in [1.807, 2.05) is 0 Å². The van der Waals surface area contributed by atoms with E-state index in [0.717, 1.165) is 12.3 Å². The molecule has 0 amide bonds. The number of aliphatic carboxylic acids is 1. The summed E-state index contributed by atoms with van der Waals surface area (Å²) in [5, 5.41) is 59.8. The fourth-order valence-electron chi connectivity index (χ4n) is 3.89. The number of benzene rings is 2. The van der Waals surface area contributed by atoms with Crippen molar-refractivity contribution < 1.29 is 49.3 Å². The molecule has 1 saturated heterocycles. The van der Waals surface area contributed by atoms with Crippen LogP contribution in [0.15, 0.2) is 45.8 Å². The van der Waals surface area contributed by atoms with Gasteiger partial charge < -0.3 is 44.5 Å². The van der Waals surface area contributed by atoms with Gasteiger partial charge in [-0.1, -0.05) is 12.1 Å². The van der Waals surface area contributed by atoms with E-state index in [4.69, 9.17) is 13.9 Å². The molecular formula is C22H20O11. The molecule has 3 aromatic rings. The fraction of sp³-hybridized carbons (Fsp3) is 0.273. The summed E-state index contributed by atoms with van der Waals surface area (Å²) in [4.78, 5) is 24.7. The zero-order valence-electron chi connectivity index (χ0n) is 17.1. The lowest BCUT2D eigenvalue weighted by Crippen LogP contribution is -2.56. The highest BCUT2D eigenvalue weighted by atomic mass is 16.6. The monoisotopic (exact) mass is 460 g/mol. The Morgan fingerprint density at radius 3 is 2.30 bits per heavy atom. The number of hydrogen-bond donors (Lipinski definition) is 6. The van der Waals surface area contributed by atoms with Crippen LogP contribution in [0.4, 0.5) is 0 Å². The van der Waals surface area contributed by atoms with Crippen LogP contribution in [0, 0.1) is 0 Å². The minimum absolute atomic E-state index is 0.0176. The smallest absolute Gasteiger partial charge is 0.335 e. The standard InChI is InChI=1S/C22H20O11/c1-31-12-6-11(24)13-15(25)10(8-2-4-9(23)5-3-8)7-32-19(13)14(12)20-17(27)16(26)18(28)21(33-20)22(29)30/h2-7,16-18,20-21,23-24,26-28H,1H3,(H,29,30)/t16-,17-,18+,20+,21+/m1/s1. The lowest BCUT2D eigenvalue weighted by Gasteiger charge is -2.39. The highest BCUT2D eigenvalue weighted by molar-refractivity contribution is 5.91. The summed E-state index contributed by atoms with van der Waals surface area (Å²) < 4.78 is 16.2. The van der Waals surface area contributed by atoms with Gasteiger partial charge in [0.05, 0.1) is 18.2 Å². The highest BCUT2D eigenvalue weighted by Crippen LogP contribution is 2.43. The summed E-state index contributed by atoms with van der Waals surface area (Å²) in [6.07, 6.45) is -8.04. The van der Waals surface area contributed by atoms with Crippen molar-refractivity contribution in [3.63, 3.8) is 0 Å². The predicted molar refractivity (Wildman–Crippen MR) is 111 cm³/mol. The van der Waals surface area contributed by atoms with E-state index in [1.54, 1.807) is 0 Å². The van der Waals surface area contributed by atoms with E-state index >= 15 is 0 Å². The third kappa shape index (κ3) is 3.66. The Balaban J connectivity index is 1.96. The number of aromatic hydroxyl groups is 2. The number of aliphatic hydroxyl groups excluding tert-OH is 3. The van der Waals surface area contributed by atoms with Gasteiger partial charge in [-0.3, -0.25) is 4.79 Å². The van der Waals surface area contributed by atoms with Crippen molar-refractivity contribution in [2.45, 2.75) is 30.5 Å². The minimum atomic E-state index is -1.92. The van der Waals surface area contributed by atoms with Crippen LogP contribution in [0.2, 0.25) is 0 Å². The minimum Gasteiger partial charge on any atom is -0.508 e. The summed E-state index contributed by atoms with van der Waals surface area (Å²) >= 11 is 0. The number of carboxylic acid groups (broad SMARTS) is 1. The van der Waals surface area contributed by atoms with Gasteiger partial charge in [-0.2, -0.15) is 0 Å². The molecule has 0 radical (unpaired) electrons. The molecule has 1 aromatic heterocycles. The van der Waals surface area contributed by atoms with Crippen LogP contribution < -0.4 is 10.2 Å². The van der Waals surface area contributed by atoms with Gasteiger partial charge in [0, 0.05) is 6.07 Å². The Kier molecular flexibility index (Phi) is 5.72. The van der Waals surface area contributed by atoms with Crippen molar-refractivity contribution in [3.05, 3.63) is 52.4 Å². The van der Waals surface area contributed by atoms with E-state index < -0.39 is 47.7 Å². The van der Waals surface area contributed by atoms with Crippen LogP contribution in [0.3, 0.4) is 0 Å². The van der Waals surface area contributed by atoms with Crippen molar-refractivity contribution in [1.29, 1.82) is 0 Å². The molecule has 5 atom stereocenters. The Labute approximate surface area is 185 Å². The number of hydrogen-bond acceptors (Lipinski definition) is 10. The summed E-state index contributed by atoms with van der Waals surface area (Å²) in [5.74, 6) is -2.23. The second-order valence-electron chi connectivity index (χ2n) is 7.53. The van der Waals surface area contributed by atoms with Gasteiger partial charge in [-0.15, -0.1) is 0 Å². The molecule has 0 unspecified atom stereocenters. The zero-order chi connectivity index (χ0) is 24.0. The van der Waals surface area contributed by atoms with E-state index in [2.05, 4.69) is 0 Å². The molecule has 1 aliphatic heterocycles. The summed E-state index contributed by atoms with van der Waals surface area (Å²) in [6.45, 7) is 0. The number of methoxy groups -OCH3 is 1. The van der Waals surface area contributed by atoms with E-state index in [-0.39, 0.29) is 33.6 Å². The molecule has 0 aliphatic carbocycles. The molecule has 1 aliphatic rings. The molecular weight excluding hydrogens is 440 g/mol. The summed E-state index contributed by atoms with van der Waals surface area (Å²) in [5.41, 5.74) is -0.624. The lowest BCUT2D eigenvalue weighted by molar-refractivity contribution is -0.229. The van der Waals surface area contributed by atoms with Crippen LogP contribution >= 0.6 is 0 Å². The first-order valence-corrected chi connectivity index (χ1v) is 9.73. The molecule has 11 nitrogen and oxygen atoms in total. The van der Waals surface area contributed by atoms with Crippen LogP contribution in [0.5, 0.6) is 17.2 Å².